The molecule has 2 unspecified atom stereocenters. The molecule has 0 amide bonds. The number of allylic oxidation sites excluding steroid dienone is 18. The van der Waals surface area contributed by atoms with Gasteiger partial charge in [-0.15, -0.1) is 0 Å². The van der Waals surface area contributed by atoms with E-state index in [4.69, 9.17) is 18.5 Å². The van der Waals surface area contributed by atoms with Crippen LogP contribution in [0.25, 0.3) is 0 Å². The Morgan fingerprint density at radius 1 is 0.372 bits per heavy atom. The lowest BCUT2D eigenvalue weighted by Crippen LogP contribution is -2.37. The molecule has 0 aromatic rings. The van der Waals surface area contributed by atoms with Gasteiger partial charge in [0.15, 0.2) is 6.10 Å². The van der Waals surface area contributed by atoms with Crippen LogP contribution in [-0.2, 0) is 32.7 Å². The van der Waals surface area contributed by atoms with Crippen molar-refractivity contribution in [2.75, 3.05) is 47.5 Å². The average Bonchev–Trinajstić information content (AvgIpc) is 3.70. The number of phosphoric ester groups is 1. The highest BCUT2D eigenvalue weighted by Crippen LogP contribution is 2.43. The fourth-order valence-electron chi connectivity index (χ4n) is 9.85. The quantitative estimate of drug-likeness (QED) is 0.0211. The molecule has 0 aliphatic rings. The minimum Gasteiger partial charge on any atom is -0.462 e. The van der Waals surface area contributed by atoms with E-state index in [0.717, 1.165) is 96.3 Å². The highest BCUT2D eigenvalue weighted by atomic mass is 31.2. The van der Waals surface area contributed by atoms with Crippen LogP contribution >= 0.6 is 7.82 Å². The minimum absolute atomic E-state index is 0.0278. The second-order valence-electron chi connectivity index (χ2n) is 24.9. The Hall–Kier alpha value is -3.33. The number of rotatable bonds is 65. The van der Waals surface area contributed by atoms with Crippen LogP contribution in [0.1, 0.15) is 309 Å². The molecule has 0 aromatic carbocycles. The normalized spacial score (nSPS) is 13.8. The number of ether oxygens (including phenoxy) is 2. The molecule has 0 saturated heterocycles. The Labute approximate surface area is 531 Å². The van der Waals surface area contributed by atoms with E-state index in [0.29, 0.717) is 17.4 Å². The number of unbranched alkanes of at least 4 members (excludes halogenated alkanes) is 33. The molecule has 10 heteroatoms. The molecule has 0 bridgehead atoms. The van der Waals surface area contributed by atoms with Crippen molar-refractivity contribution in [3.63, 3.8) is 0 Å². The van der Waals surface area contributed by atoms with E-state index in [1.54, 1.807) is 0 Å². The van der Waals surface area contributed by atoms with E-state index in [2.05, 4.69) is 123 Å². The monoisotopic (exact) mass is 1220 g/mol. The van der Waals surface area contributed by atoms with Gasteiger partial charge >= 0.3 is 19.8 Å². The first-order chi connectivity index (χ1) is 42.0. The molecule has 2 atom stereocenters. The summed E-state index contributed by atoms with van der Waals surface area (Å²) in [5, 5.41) is 0. The third-order valence-corrected chi connectivity index (χ3v) is 16.3. The molecule has 0 radical (unpaired) electrons. The van der Waals surface area contributed by atoms with Gasteiger partial charge in [0.2, 0.25) is 0 Å². The van der Waals surface area contributed by atoms with Crippen molar-refractivity contribution in [1.29, 1.82) is 0 Å². The highest BCUT2D eigenvalue weighted by molar-refractivity contribution is 7.47. The molecule has 0 aliphatic heterocycles. The molecule has 0 fully saturated rings. The number of carbonyl (C=O) groups is 2. The zero-order chi connectivity index (χ0) is 62.6. The van der Waals surface area contributed by atoms with Crippen LogP contribution in [0.2, 0.25) is 0 Å². The summed E-state index contributed by atoms with van der Waals surface area (Å²) >= 11 is 0. The van der Waals surface area contributed by atoms with Gasteiger partial charge in [0.05, 0.1) is 27.7 Å². The lowest BCUT2D eigenvalue weighted by atomic mass is 10.0. The van der Waals surface area contributed by atoms with Gasteiger partial charge in [-0.25, -0.2) is 4.57 Å². The molecule has 0 aliphatic carbocycles. The van der Waals surface area contributed by atoms with Crippen LogP contribution in [0, 0.1) is 0 Å². The van der Waals surface area contributed by atoms with Crippen LogP contribution in [0.5, 0.6) is 0 Å². The molecule has 496 valence electrons. The molecule has 0 saturated carbocycles. The lowest BCUT2D eigenvalue weighted by molar-refractivity contribution is -0.870. The first-order valence-electron chi connectivity index (χ1n) is 35.6. The topological polar surface area (TPSA) is 108 Å². The van der Waals surface area contributed by atoms with Crippen molar-refractivity contribution in [3.05, 3.63) is 109 Å². The summed E-state index contributed by atoms with van der Waals surface area (Å²) in [4.78, 5) is 35.9. The average molecular weight is 1220 g/mol. The highest BCUT2D eigenvalue weighted by Gasteiger charge is 2.27. The first kappa shape index (κ1) is 82.7. The number of likely N-dealkylation sites (N-methyl/N-ethyl adjacent to an activating group) is 1. The predicted octanol–water partition coefficient (Wildman–Crippen LogP) is 23.3. The Kier molecular flexibility index (Phi) is 63.5. The van der Waals surface area contributed by atoms with Gasteiger partial charge in [-0.1, -0.05) is 303 Å². The summed E-state index contributed by atoms with van der Waals surface area (Å²) < 4.78 is 34.7. The van der Waals surface area contributed by atoms with E-state index in [1.165, 1.54) is 180 Å². The first-order valence-corrected chi connectivity index (χ1v) is 37.1. The summed E-state index contributed by atoms with van der Waals surface area (Å²) in [6.07, 6.45) is 93.3. The fourth-order valence-corrected chi connectivity index (χ4v) is 10.6. The Morgan fingerprint density at radius 3 is 0.988 bits per heavy atom. The third-order valence-electron chi connectivity index (χ3n) is 15.3. The van der Waals surface area contributed by atoms with E-state index in [-0.39, 0.29) is 32.0 Å². The zero-order valence-corrected chi connectivity index (χ0v) is 57.4. The summed E-state index contributed by atoms with van der Waals surface area (Å²) in [7, 11) is 1.47. The second-order valence-corrected chi connectivity index (χ2v) is 26.3. The zero-order valence-electron chi connectivity index (χ0n) is 56.5. The van der Waals surface area contributed by atoms with Crippen LogP contribution in [0.15, 0.2) is 109 Å². The van der Waals surface area contributed by atoms with Crippen molar-refractivity contribution >= 4 is 19.8 Å². The van der Waals surface area contributed by atoms with Crippen molar-refractivity contribution in [2.45, 2.75) is 315 Å². The van der Waals surface area contributed by atoms with Crippen LogP contribution in [0.4, 0.5) is 0 Å². The summed E-state index contributed by atoms with van der Waals surface area (Å²) in [6.45, 7) is 4.33. The molecule has 86 heavy (non-hydrogen) atoms. The smallest absolute Gasteiger partial charge is 0.462 e. The van der Waals surface area contributed by atoms with Crippen molar-refractivity contribution < 1.29 is 42.1 Å². The van der Waals surface area contributed by atoms with Gasteiger partial charge in [-0.05, 0) is 103 Å². The lowest BCUT2D eigenvalue weighted by Gasteiger charge is -2.24. The van der Waals surface area contributed by atoms with Crippen molar-refractivity contribution in [1.82, 2.24) is 0 Å². The molecule has 0 aromatic heterocycles. The third kappa shape index (κ3) is 69.8. The van der Waals surface area contributed by atoms with Gasteiger partial charge in [-0.2, -0.15) is 0 Å². The maximum atomic E-state index is 12.9. The van der Waals surface area contributed by atoms with Gasteiger partial charge < -0.3 is 18.9 Å². The maximum Gasteiger partial charge on any atom is 0.472 e. The van der Waals surface area contributed by atoms with Gasteiger partial charge in [0, 0.05) is 12.8 Å². The van der Waals surface area contributed by atoms with Gasteiger partial charge in [0.1, 0.15) is 19.8 Å². The molecular weight excluding hydrogens is 1090 g/mol. The standard InChI is InChI=1S/C76H134NO8P/c1-6-8-10-12-14-16-18-20-22-24-26-28-30-32-34-36-37-38-39-41-43-45-47-49-51-53-55-57-59-61-63-65-67-69-76(79)85-74(73-84-86(80,81)83-71-70-77(3,4)5)72-82-75(78)68-66-64-62-60-58-56-54-52-50-48-46-44-42-40-35-33-31-29-27-25-23-21-19-17-15-13-11-9-7-2/h8,10,14,16,19-22,25-28,32,34,37-38,41,43,74H,6-7,9,11-13,15,17-18,23-24,29-31,33,35-36,39-40,42,44-73H2,1-5H3/p+1/b10-8-,16-14-,21-19-,22-20-,27-25-,28-26-,34-32-,38-37-,43-41-. The summed E-state index contributed by atoms with van der Waals surface area (Å²) in [6, 6.07) is 0. The number of esters is 2. The minimum atomic E-state index is -4.40. The van der Waals surface area contributed by atoms with Crippen LogP contribution in [0.3, 0.4) is 0 Å². The second kappa shape index (κ2) is 66.1. The van der Waals surface area contributed by atoms with Gasteiger partial charge in [-0.3, -0.25) is 18.6 Å². The summed E-state index contributed by atoms with van der Waals surface area (Å²) in [5.41, 5.74) is 0. The van der Waals surface area contributed by atoms with E-state index >= 15 is 0 Å². The van der Waals surface area contributed by atoms with Crippen molar-refractivity contribution in [2.24, 2.45) is 0 Å². The largest absolute Gasteiger partial charge is 0.472 e. The Bertz CT molecular complexity index is 1820. The molecule has 1 N–H and O–H groups in total. The van der Waals surface area contributed by atoms with Crippen LogP contribution in [-0.4, -0.2) is 74.9 Å². The van der Waals surface area contributed by atoms with Crippen LogP contribution < -0.4 is 0 Å². The van der Waals surface area contributed by atoms with E-state index in [9.17, 15) is 19.0 Å². The Morgan fingerprint density at radius 2 is 0.663 bits per heavy atom. The number of hydrogen-bond donors (Lipinski definition) is 1. The molecule has 9 nitrogen and oxygen atoms in total. The van der Waals surface area contributed by atoms with Crippen molar-refractivity contribution in [3.8, 4) is 0 Å². The number of quaternary nitrogens is 1. The molecule has 0 spiro atoms. The van der Waals surface area contributed by atoms with E-state index in [1.807, 2.05) is 21.1 Å². The fraction of sp³-hybridized carbons (Fsp3) is 0.737. The maximum absolute atomic E-state index is 12.9. The SMILES string of the molecule is CC/C=C\C/C=C\C/C=C\C/C=C\C/C=C\C/C=C\C/C=C\CCCCCCCCCCCCCC(=O)OC(COC(=O)CCCCCCCCCCCCCCCCCCC/C=C\C/C=C\CCCCCCC)COP(=O)(O)OCC[N+](C)(C)C. The molecule has 0 heterocycles. The van der Waals surface area contributed by atoms with E-state index < -0.39 is 26.5 Å². The number of carbonyl (C=O) groups excluding carboxylic acids is 2. The summed E-state index contributed by atoms with van der Waals surface area (Å²) in [5.74, 6) is -0.795. The predicted molar refractivity (Wildman–Crippen MR) is 371 cm³/mol. The number of hydrogen-bond acceptors (Lipinski definition) is 7. The van der Waals surface area contributed by atoms with Gasteiger partial charge in [0.25, 0.3) is 0 Å². The molecular formula is C76H135NO8P+. The Balaban J connectivity index is 4.06. The number of phosphoric acid groups is 1. The molecule has 0 rings (SSSR count). The number of nitrogens with zero attached hydrogens (tertiary/aromatic N) is 1.